The summed E-state index contributed by atoms with van der Waals surface area (Å²) >= 11 is 0. The lowest BCUT2D eigenvalue weighted by atomic mass is 9.45. The van der Waals surface area contributed by atoms with E-state index in [9.17, 15) is 40.1 Å². The molecule has 1 heterocycles. The summed E-state index contributed by atoms with van der Waals surface area (Å²) in [5.41, 5.74) is 15.4. The van der Waals surface area contributed by atoms with Gasteiger partial charge >= 0.3 is 0 Å². The number of nitriles is 1. The van der Waals surface area contributed by atoms with E-state index in [0.717, 1.165) is 4.90 Å². The number of fused-ring (bicyclic) bond motifs is 3. The molecule has 1 fully saturated rings. The van der Waals surface area contributed by atoms with Gasteiger partial charge in [0.25, 0.3) is 5.91 Å². The molecule has 6 atom stereocenters. The van der Waals surface area contributed by atoms with E-state index in [1.165, 1.54) is 26.2 Å². The first-order chi connectivity index (χ1) is 20.9. The number of Topliss-reactive ketones (excluding diaryl/α,β-unsaturated/α-hetero) is 2. The molecule has 45 heavy (non-hydrogen) atoms. The monoisotopic (exact) mass is 621 g/mol. The second kappa shape index (κ2) is 10.2. The molecule has 3 aliphatic rings. The van der Waals surface area contributed by atoms with Crippen molar-refractivity contribution in [2.45, 2.75) is 55.7 Å². The van der Waals surface area contributed by atoms with E-state index in [4.69, 9.17) is 27.4 Å². The van der Waals surface area contributed by atoms with Gasteiger partial charge in [-0.15, -0.1) is 0 Å². The average molecular weight is 622 g/mol. The van der Waals surface area contributed by atoms with Crippen LogP contribution in [0, 0.1) is 16.7 Å². The number of phenols is 1. The van der Waals surface area contributed by atoms with Crippen LogP contribution in [0.25, 0.3) is 17.1 Å². The van der Waals surface area contributed by atoms with Gasteiger partial charge in [-0.2, -0.15) is 5.26 Å². The Morgan fingerprint density at radius 2 is 1.80 bits per heavy atom. The summed E-state index contributed by atoms with van der Waals surface area (Å²) in [6.07, 6.45) is -2.33. The van der Waals surface area contributed by atoms with Crippen molar-refractivity contribution in [1.82, 2.24) is 10.2 Å². The van der Waals surface area contributed by atoms with Gasteiger partial charge in [0.15, 0.2) is 17.0 Å². The van der Waals surface area contributed by atoms with E-state index >= 15 is 0 Å². The maximum absolute atomic E-state index is 14.6. The second-order valence-electron chi connectivity index (χ2n) is 12.2. The van der Waals surface area contributed by atoms with Gasteiger partial charge in [0, 0.05) is 11.6 Å². The van der Waals surface area contributed by atoms with Gasteiger partial charge in [-0.1, -0.05) is 13.8 Å². The summed E-state index contributed by atoms with van der Waals surface area (Å²) in [6.45, 7) is 4.29. The van der Waals surface area contributed by atoms with Gasteiger partial charge in [-0.25, -0.2) is 0 Å². The lowest BCUT2D eigenvalue weighted by molar-refractivity contribution is -0.153. The third kappa shape index (κ3) is 3.81. The number of furan rings is 1. The zero-order valence-corrected chi connectivity index (χ0v) is 25.0. The van der Waals surface area contributed by atoms with Gasteiger partial charge in [0.05, 0.1) is 41.4 Å². The van der Waals surface area contributed by atoms with Crippen LogP contribution in [0.5, 0.6) is 5.75 Å². The van der Waals surface area contributed by atoms with Crippen LogP contribution in [-0.2, 0) is 20.9 Å². The number of rotatable bonds is 6. The summed E-state index contributed by atoms with van der Waals surface area (Å²) in [7, 11) is 2.66. The Labute approximate surface area is 257 Å². The maximum atomic E-state index is 14.6. The predicted octanol–water partition coefficient (Wildman–Crippen LogP) is -0.908. The Kier molecular flexibility index (Phi) is 7.25. The lowest BCUT2D eigenvalue weighted by Gasteiger charge is -2.62. The highest BCUT2D eigenvalue weighted by Gasteiger charge is 2.79. The normalized spacial score (nSPS) is 31.2. The van der Waals surface area contributed by atoms with Crippen LogP contribution >= 0.6 is 0 Å². The summed E-state index contributed by atoms with van der Waals surface area (Å²) in [5.74, 6) is -6.18. The Morgan fingerprint density at radius 3 is 2.36 bits per heavy atom. The lowest BCUT2D eigenvalue weighted by Crippen LogP contribution is -2.87. The minimum atomic E-state index is -3.06. The van der Waals surface area contributed by atoms with Crippen LogP contribution in [0.1, 0.15) is 36.8 Å². The smallest absolute Gasteiger partial charge is 0.255 e. The second-order valence-corrected chi connectivity index (χ2v) is 12.2. The number of hydrogen-bond donors (Lipinski definition) is 9. The maximum Gasteiger partial charge on any atom is 0.255 e. The van der Waals surface area contributed by atoms with Gasteiger partial charge in [0.2, 0.25) is 0 Å². The quantitative estimate of drug-likeness (QED) is 0.177. The molecule has 15 heteroatoms. The van der Waals surface area contributed by atoms with Crippen LogP contribution < -0.4 is 28.3 Å². The number of nitrogens with zero attached hydrogens (tertiary/aromatic N) is 2. The van der Waals surface area contributed by atoms with E-state index in [1.54, 1.807) is 18.2 Å². The van der Waals surface area contributed by atoms with Crippen LogP contribution in [-0.4, -0.2) is 86.2 Å². The number of ketones is 2. The SMILES string of the molecule is CC(C)NCc1ccc(-c2ccc(O)c3c2[C@H](N)[C@]2(N)C(=C3O)C(=O)[C@]3(C#N)C(O)=C(C(N)=O)C(=O)[C@@H](N(C)C)[C@]3(N)[C@H]2O)o1. The predicted molar refractivity (Wildman–Crippen MR) is 158 cm³/mol. The molecule has 1 aromatic carbocycles. The zero-order chi connectivity index (χ0) is 33.5. The van der Waals surface area contributed by atoms with Crippen molar-refractivity contribution in [2.75, 3.05) is 14.1 Å². The number of likely N-dealkylation sites (N-methyl/N-ethyl adjacent to an activating group) is 1. The number of primary amides is 1. The number of carbonyl (C=O) groups excluding carboxylic acids is 3. The number of benzene rings is 1. The van der Waals surface area contributed by atoms with Crippen LogP contribution in [0.3, 0.4) is 0 Å². The molecule has 1 amide bonds. The molecule has 13 N–H and O–H groups in total. The third-order valence-corrected chi connectivity index (χ3v) is 9.16. The molecule has 0 unspecified atom stereocenters. The number of hydrogen-bond acceptors (Lipinski definition) is 14. The fourth-order valence-corrected chi connectivity index (χ4v) is 7.06. The number of carbonyl (C=O) groups is 3. The number of aromatic hydroxyl groups is 1. The molecule has 3 aliphatic carbocycles. The van der Waals surface area contributed by atoms with Crippen molar-refractivity contribution in [1.29, 1.82) is 5.26 Å². The molecule has 1 aromatic heterocycles. The molecule has 15 nitrogen and oxygen atoms in total. The van der Waals surface area contributed by atoms with E-state index < -0.39 is 80.6 Å². The molecular formula is C30H35N7O8. The standard InChI is InChI=1S/C30H35N7O8/c1-11(2)36-9-12-5-8-15(45-12)13-6-7-14(38)17-16(13)22(32)29(34)19(20(17)39)25(42)28(10-31)24(41)18(26(33)43)21(40)23(37(3)4)30(28,35)27(29)44/h5-8,11,22-23,27,36,38-39,41,44H,9,32,34-35H2,1-4H3,(H2,33,43)/t22-,23+,27-,28-,29+,30-/m0/s1. The highest BCUT2D eigenvalue weighted by atomic mass is 16.3. The number of amides is 1. The van der Waals surface area contributed by atoms with Gasteiger partial charge < -0.3 is 53.1 Å². The van der Waals surface area contributed by atoms with Crippen molar-refractivity contribution in [3.63, 3.8) is 0 Å². The molecule has 0 bridgehead atoms. The Balaban J connectivity index is 1.85. The Morgan fingerprint density at radius 1 is 1.16 bits per heavy atom. The fourth-order valence-electron chi connectivity index (χ4n) is 7.06. The zero-order valence-electron chi connectivity index (χ0n) is 25.0. The minimum absolute atomic E-state index is 0.0301. The number of phenolic OH excluding ortho intramolecular Hbond substituents is 1. The van der Waals surface area contributed by atoms with Crippen molar-refractivity contribution >= 4 is 23.2 Å². The molecule has 2 aromatic rings. The van der Waals surface area contributed by atoms with E-state index in [-0.39, 0.29) is 28.5 Å². The third-order valence-electron chi connectivity index (χ3n) is 9.16. The Bertz CT molecular complexity index is 1770. The van der Waals surface area contributed by atoms with E-state index in [1.807, 2.05) is 13.8 Å². The molecule has 0 aliphatic heterocycles. The average Bonchev–Trinajstić information content (AvgIpc) is 3.42. The fraction of sp³-hybridized carbons (Fsp3) is 0.400. The van der Waals surface area contributed by atoms with Gasteiger partial charge in [0.1, 0.15) is 46.0 Å². The largest absolute Gasteiger partial charge is 0.509 e. The minimum Gasteiger partial charge on any atom is -0.509 e. The van der Waals surface area contributed by atoms with Crippen molar-refractivity contribution in [2.24, 2.45) is 28.3 Å². The van der Waals surface area contributed by atoms with Crippen LogP contribution in [0.4, 0.5) is 0 Å². The van der Waals surface area contributed by atoms with Crippen LogP contribution in [0.2, 0.25) is 0 Å². The highest BCUT2D eigenvalue weighted by Crippen LogP contribution is 2.60. The van der Waals surface area contributed by atoms with Crippen LogP contribution in [0.15, 0.2) is 45.6 Å². The summed E-state index contributed by atoms with van der Waals surface area (Å²) in [6, 6.07) is 4.30. The van der Waals surface area contributed by atoms with E-state index in [0.29, 0.717) is 12.3 Å². The first-order valence-electron chi connectivity index (χ1n) is 14.0. The number of aliphatic hydroxyl groups excluding tert-OH is 3. The van der Waals surface area contributed by atoms with E-state index in [2.05, 4.69) is 5.32 Å². The first kappa shape index (κ1) is 31.9. The number of aliphatic hydroxyl groups is 3. The summed E-state index contributed by atoms with van der Waals surface area (Å²) in [4.78, 5) is 41.7. The molecule has 238 valence electrons. The highest BCUT2D eigenvalue weighted by molar-refractivity contribution is 6.26. The van der Waals surface area contributed by atoms with Crippen molar-refractivity contribution < 1.29 is 39.2 Å². The molecule has 0 spiro atoms. The molecule has 1 saturated carbocycles. The van der Waals surface area contributed by atoms with Crippen molar-refractivity contribution in [3.05, 3.63) is 58.1 Å². The Hall–Kier alpha value is -4.56. The summed E-state index contributed by atoms with van der Waals surface area (Å²) < 4.78 is 6.01. The van der Waals surface area contributed by atoms with Gasteiger partial charge in [-0.3, -0.25) is 19.3 Å². The number of nitrogens with one attached hydrogen (secondary N) is 1. The number of nitrogens with two attached hydrogens (primary N) is 4. The van der Waals surface area contributed by atoms with Gasteiger partial charge in [-0.05, 0) is 43.9 Å². The molecule has 5 rings (SSSR count). The summed E-state index contributed by atoms with van der Waals surface area (Å²) in [5, 5.41) is 59.9. The molecule has 0 saturated heterocycles. The molecular weight excluding hydrogens is 586 g/mol. The first-order valence-corrected chi connectivity index (χ1v) is 14.0. The van der Waals surface area contributed by atoms with Crippen molar-refractivity contribution in [3.8, 4) is 23.1 Å². The topological polar surface area (TPSA) is 288 Å². The molecule has 0 radical (unpaired) electrons.